The molecule has 0 spiro atoms. The highest BCUT2D eigenvalue weighted by molar-refractivity contribution is 7.98. The monoisotopic (exact) mass is 355 g/mol. The summed E-state index contributed by atoms with van der Waals surface area (Å²) in [6.45, 7) is 1.64. The number of amides is 1. The highest BCUT2D eigenvalue weighted by Crippen LogP contribution is 2.25. The summed E-state index contributed by atoms with van der Waals surface area (Å²) >= 11 is 1.54. The number of carbonyl (C=O) groups excluding carboxylic acids is 1. The van der Waals surface area contributed by atoms with Crippen molar-refractivity contribution < 1.29 is 4.79 Å². The minimum Gasteiger partial charge on any atom is -0.323 e. The van der Waals surface area contributed by atoms with Gasteiger partial charge < -0.3 is 5.32 Å². The predicted octanol–water partition coefficient (Wildman–Crippen LogP) is 2.35. The van der Waals surface area contributed by atoms with Gasteiger partial charge in [0.15, 0.2) is 5.82 Å². The number of rotatable bonds is 5. The first kappa shape index (κ1) is 17.0. The van der Waals surface area contributed by atoms with E-state index in [1.165, 1.54) is 22.5 Å². The number of hydrogen-bond donors (Lipinski definition) is 1. The molecule has 0 aliphatic rings. The van der Waals surface area contributed by atoms with Crippen LogP contribution in [0, 0.1) is 0 Å². The van der Waals surface area contributed by atoms with E-state index < -0.39 is 6.04 Å². The van der Waals surface area contributed by atoms with Gasteiger partial charge in [-0.2, -0.15) is 5.10 Å². The molecule has 25 heavy (non-hydrogen) atoms. The van der Waals surface area contributed by atoms with Crippen molar-refractivity contribution in [1.29, 1.82) is 0 Å². The third-order valence-electron chi connectivity index (χ3n) is 3.66. The number of thioether (sulfide) groups is 1. The molecule has 0 fully saturated rings. The molecule has 1 atom stereocenters. The standard InChI is InChI=1S/C17H17N5O2S/c1-12(17(24)19-13-6-3-4-7-14(13)25-2)22-16(23)9-8-15(20-22)21-11-5-10-18-21/h3-12H,1-2H3,(H,19,24). The summed E-state index contributed by atoms with van der Waals surface area (Å²) in [5.74, 6) is 0.155. The maximum absolute atomic E-state index is 12.6. The lowest BCUT2D eigenvalue weighted by Crippen LogP contribution is -2.33. The molecule has 0 bridgehead atoms. The van der Waals surface area contributed by atoms with Crippen LogP contribution in [0.25, 0.3) is 5.82 Å². The fourth-order valence-corrected chi connectivity index (χ4v) is 2.87. The predicted molar refractivity (Wildman–Crippen MR) is 97.2 cm³/mol. The summed E-state index contributed by atoms with van der Waals surface area (Å²) < 4.78 is 2.69. The third-order valence-corrected chi connectivity index (χ3v) is 4.46. The first-order valence-corrected chi connectivity index (χ1v) is 8.86. The zero-order valence-corrected chi connectivity index (χ0v) is 14.6. The summed E-state index contributed by atoms with van der Waals surface area (Å²) in [6, 6.07) is 11.4. The van der Waals surface area contributed by atoms with E-state index in [9.17, 15) is 9.59 Å². The van der Waals surface area contributed by atoms with E-state index in [4.69, 9.17) is 0 Å². The summed E-state index contributed by atoms with van der Waals surface area (Å²) in [7, 11) is 0. The van der Waals surface area contributed by atoms with Crippen molar-refractivity contribution in [3.8, 4) is 5.82 Å². The van der Waals surface area contributed by atoms with Crippen LogP contribution < -0.4 is 10.9 Å². The molecule has 8 heteroatoms. The van der Waals surface area contributed by atoms with Crippen LogP contribution >= 0.6 is 11.8 Å². The normalized spacial score (nSPS) is 11.9. The van der Waals surface area contributed by atoms with Gasteiger partial charge in [-0.15, -0.1) is 16.9 Å². The van der Waals surface area contributed by atoms with Crippen molar-refractivity contribution in [2.75, 3.05) is 11.6 Å². The van der Waals surface area contributed by atoms with Crippen LogP contribution in [-0.2, 0) is 4.79 Å². The van der Waals surface area contributed by atoms with Gasteiger partial charge in [-0.3, -0.25) is 9.59 Å². The molecule has 1 N–H and O–H groups in total. The Bertz CT molecular complexity index is 936. The second-order valence-electron chi connectivity index (χ2n) is 5.29. The van der Waals surface area contributed by atoms with E-state index in [1.807, 2.05) is 30.5 Å². The molecule has 2 heterocycles. The van der Waals surface area contributed by atoms with Gasteiger partial charge in [0.2, 0.25) is 5.91 Å². The fourth-order valence-electron chi connectivity index (χ4n) is 2.32. The molecule has 2 aromatic heterocycles. The SMILES string of the molecule is CSc1ccccc1NC(=O)C(C)n1nc(-n2cccn2)ccc1=O. The van der Waals surface area contributed by atoms with Gasteiger partial charge >= 0.3 is 0 Å². The van der Waals surface area contributed by atoms with Crippen molar-refractivity contribution in [2.24, 2.45) is 0 Å². The quantitative estimate of drug-likeness (QED) is 0.711. The van der Waals surface area contributed by atoms with Gasteiger partial charge in [0, 0.05) is 23.4 Å². The summed E-state index contributed by atoms with van der Waals surface area (Å²) in [4.78, 5) is 25.7. The van der Waals surface area contributed by atoms with Gasteiger partial charge in [0.1, 0.15) is 6.04 Å². The Kier molecular flexibility index (Phi) is 4.99. The van der Waals surface area contributed by atoms with Gasteiger partial charge in [-0.05, 0) is 37.4 Å². The molecule has 7 nitrogen and oxygen atoms in total. The lowest BCUT2D eigenvalue weighted by molar-refractivity contribution is -0.119. The Hall–Kier alpha value is -2.87. The average molecular weight is 355 g/mol. The molecular weight excluding hydrogens is 338 g/mol. The molecule has 128 valence electrons. The fraction of sp³-hybridized carbons (Fsp3) is 0.176. The van der Waals surface area contributed by atoms with Crippen LogP contribution in [0.3, 0.4) is 0 Å². The number of benzene rings is 1. The summed E-state index contributed by atoms with van der Waals surface area (Å²) in [6.07, 6.45) is 5.28. The van der Waals surface area contributed by atoms with E-state index in [0.717, 1.165) is 9.58 Å². The van der Waals surface area contributed by atoms with E-state index in [0.29, 0.717) is 11.5 Å². The molecule has 3 rings (SSSR count). The topological polar surface area (TPSA) is 81.8 Å². The number of nitrogens with zero attached hydrogens (tertiary/aromatic N) is 4. The highest BCUT2D eigenvalue weighted by atomic mass is 32.2. The molecule has 0 aliphatic heterocycles. The third kappa shape index (κ3) is 3.63. The molecule has 0 saturated heterocycles. The van der Waals surface area contributed by atoms with Crippen LogP contribution in [0.4, 0.5) is 5.69 Å². The number of hydrogen-bond acceptors (Lipinski definition) is 5. The van der Waals surface area contributed by atoms with E-state index in [1.54, 1.807) is 31.5 Å². The Morgan fingerprint density at radius 3 is 2.72 bits per heavy atom. The number of anilines is 1. The maximum atomic E-state index is 12.6. The van der Waals surface area contributed by atoms with Gasteiger partial charge in [-0.25, -0.2) is 9.36 Å². The maximum Gasteiger partial charge on any atom is 0.267 e. The summed E-state index contributed by atoms with van der Waals surface area (Å²) in [5.41, 5.74) is 0.361. The van der Waals surface area contributed by atoms with Crippen LogP contribution in [0.15, 0.2) is 64.5 Å². The Balaban J connectivity index is 1.87. The van der Waals surface area contributed by atoms with Crippen molar-refractivity contribution in [3.05, 3.63) is 65.2 Å². The van der Waals surface area contributed by atoms with E-state index >= 15 is 0 Å². The average Bonchev–Trinajstić information content (AvgIpc) is 3.16. The molecule has 1 amide bonds. The lowest BCUT2D eigenvalue weighted by atomic mass is 10.2. The van der Waals surface area contributed by atoms with Crippen molar-refractivity contribution >= 4 is 23.4 Å². The Morgan fingerprint density at radius 1 is 1.20 bits per heavy atom. The van der Waals surface area contributed by atoms with Crippen molar-refractivity contribution in [2.45, 2.75) is 17.9 Å². The number of carbonyl (C=O) groups is 1. The first-order valence-electron chi connectivity index (χ1n) is 7.64. The van der Waals surface area contributed by atoms with Crippen LogP contribution in [-0.4, -0.2) is 31.7 Å². The van der Waals surface area contributed by atoms with Gasteiger partial charge in [-0.1, -0.05) is 12.1 Å². The minimum atomic E-state index is -0.766. The number of nitrogens with one attached hydrogen (secondary N) is 1. The van der Waals surface area contributed by atoms with Crippen LogP contribution in [0.2, 0.25) is 0 Å². The largest absolute Gasteiger partial charge is 0.323 e. The highest BCUT2D eigenvalue weighted by Gasteiger charge is 2.19. The van der Waals surface area contributed by atoms with Crippen LogP contribution in [0.1, 0.15) is 13.0 Å². The second-order valence-corrected chi connectivity index (χ2v) is 6.14. The molecule has 1 aromatic carbocycles. The first-order chi connectivity index (χ1) is 12.1. The zero-order chi connectivity index (χ0) is 17.8. The molecule has 3 aromatic rings. The molecule has 1 unspecified atom stereocenters. The molecule has 0 aliphatic carbocycles. The molecule has 0 radical (unpaired) electrons. The Morgan fingerprint density at radius 2 is 2.00 bits per heavy atom. The summed E-state index contributed by atoms with van der Waals surface area (Å²) in [5, 5.41) is 11.2. The van der Waals surface area contributed by atoms with Crippen LogP contribution in [0.5, 0.6) is 0 Å². The van der Waals surface area contributed by atoms with Crippen molar-refractivity contribution in [3.63, 3.8) is 0 Å². The number of para-hydroxylation sites is 1. The minimum absolute atomic E-state index is 0.311. The van der Waals surface area contributed by atoms with Gasteiger partial charge in [0.05, 0.1) is 5.69 Å². The smallest absolute Gasteiger partial charge is 0.267 e. The number of aromatic nitrogens is 4. The second kappa shape index (κ2) is 7.35. The van der Waals surface area contributed by atoms with E-state index in [2.05, 4.69) is 15.5 Å². The Labute approximate surface area is 148 Å². The zero-order valence-electron chi connectivity index (χ0n) is 13.8. The molecular formula is C17H17N5O2S. The lowest BCUT2D eigenvalue weighted by Gasteiger charge is -2.16. The molecule has 0 saturated carbocycles. The van der Waals surface area contributed by atoms with Gasteiger partial charge in [0.25, 0.3) is 5.56 Å². The van der Waals surface area contributed by atoms with Crippen molar-refractivity contribution in [1.82, 2.24) is 19.6 Å². The van der Waals surface area contributed by atoms with E-state index in [-0.39, 0.29) is 11.5 Å².